The van der Waals surface area contributed by atoms with Crippen LogP contribution in [-0.2, 0) is 9.53 Å². The molecule has 1 saturated heterocycles. The fraction of sp³-hybridized carbons (Fsp3) is 0.250. The summed E-state index contributed by atoms with van der Waals surface area (Å²) in [6.45, 7) is 2.09. The van der Waals surface area contributed by atoms with Crippen LogP contribution in [0.25, 0.3) is 22.4 Å². The number of amides is 1. The van der Waals surface area contributed by atoms with Crippen LogP contribution in [0.1, 0.15) is 17.3 Å². The first-order valence-electron chi connectivity index (χ1n) is 8.64. The molecule has 7 heteroatoms. The molecule has 3 aromatic rings. The lowest BCUT2D eigenvalue weighted by molar-refractivity contribution is -0.160. The van der Waals surface area contributed by atoms with E-state index in [9.17, 15) is 14.7 Å². The standard InChI is InChI=1S/C20H18N2O5/c1-12-10-22(11-18(27-12)20(24)25)19(23)14-9-16(17-7-4-8-26-17)21-15-6-3-2-5-13(14)15/h2-9,12,18H,10-11H2,1H3,(H,24,25)/t12-,18?/m1/s1. The summed E-state index contributed by atoms with van der Waals surface area (Å²) in [5, 5.41) is 9.99. The van der Waals surface area contributed by atoms with Gasteiger partial charge in [-0.1, -0.05) is 18.2 Å². The summed E-state index contributed by atoms with van der Waals surface area (Å²) in [7, 11) is 0. The Kier molecular flexibility index (Phi) is 4.37. The van der Waals surface area contributed by atoms with E-state index in [2.05, 4.69) is 4.98 Å². The third kappa shape index (κ3) is 3.29. The maximum Gasteiger partial charge on any atom is 0.334 e. The molecule has 1 aromatic carbocycles. The Bertz CT molecular complexity index is 999. The van der Waals surface area contributed by atoms with E-state index >= 15 is 0 Å². The first-order valence-corrected chi connectivity index (χ1v) is 8.64. The van der Waals surface area contributed by atoms with Gasteiger partial charge in [0.25, 0.3) is 5.91 Å². The zero-order chi connectivity index (χ0) is 19.0. The number of carboxylic acid groups (broad SMARTS) is 1. The van der Waals surface area contributed by atoms with Crippen LogP contribution in [0.2, 0.25) is 0 Å². The number of pyridine rings is 1. The summed E-state index contributed by atoms with van der Waals surface area (Å²) >= 11 is 0. The molecule has 0 aliphatic carbocycles. The molecule has 3 heterocycles. The number of nitrogens with zero attached hydrogens (tertiary/aromatic N) is 2. The molecule has 138 valence electrons. The Morgan fingerprint density at radius 3 is 2.74 bits per heavy atom. The highest BCUT2D eigenvalue weighted by Gasteiger charge is 2.33. The number of carbonyl (C=O) groups is 2. The number of morpholine rings is 1. The van der Waals surface area contributed by atoms with Gasteiger partial charge < -0.3 is 19.2 Å². The zero-order valence-corrected chi connectivity index (χ0v) is 14.7. The maximum absolute atomic E-state index is 13.3. The van der Waals surface area contributed by atoms with Crippen LogP contribution in [0.15, 0.2) is 53.1 Å². The molecule has 1 aliphatic rings. The highest BCUT2D eigenvalue weighted by molar-refractivity contribution is 6.07. The summed E-state index contributed by atoms with van der Waals surface area (Å²) in [6.07, 6.45) is 0.159. The SMILES string of the molecule is C[C@@H]1CN(C(=O)c2cc(-c3ccco3)nc3ccccc23)CC(C(=O)O)O1. The van der Waals surface area contributed by atoms with Crippen molar-refractivity contribution in [2.24, 2.45) is 0 Å². The quantitative estimate of drug-likeness (QED) is 0.766. The maximum atomic E-state index is 13.3. The highest BCUT2D eigenvalue weighted by Crippen LogP contribution is 2.27. The topological polar surface area (TPSA) is 92.9 Å². The smallest absolute Gasteiger partial charge is 0.334 e. The van der Waals surface area contributed by atoms with Gasteiger partial charge in [-0.2, -0.15) is 0 Å². The van der Waals surface area contributed by atoms with E-state index in [1.807, 2.05) is 24.3 Å². The molecule has 1 amide bonds. The van der Waals surface area contributed by atoms with Crippen LogP contribution in [0.4, 0.5) is 0 Å². The molecule has 2 atom stereocenters. The number of ether oxygens (including phenoxy) is 1. The van der Waals surface area contributed by atoms with E-state index in [0.717, 1.165) is 0 Å². The predicted molar refractivity (Wildman–Crippen MR) is 97.3 cm³/mol. The molecular formula is C20H18N2O5. The Hall–Kier alpha value is -3.19. The van der Waals surface area contributed by atoms with Crippen molar-refractivity contribution < 1.29 is 23.8 Å². The number of aliphatic carboxylic acids is 1. The van der Waals surface area contributed by atoms with Crippen molar-refractivity contribution in [3.05, 3.63) is 54.3 Å². The van der Waals surface area contributed by atoms with Crippen LogP contribution < -0.4 is 0 Å². The third-order valence-corrected chi connectivity index (χ3v) is 4.54. The first-order chi connectivity index (χ1) is 13.0. The molecule has 4 rings (SSSR count). The summed E-state index contributed by atoms with van der Waals surface area (Å²) in [4.78, 5) is 30.7. The Morgan fingerprint density at radius 2 is 2.00 bits per heavy atom. The van der Waals surface area contributed by atoms with Gasteiger partial charge in [-0.05, 0) is 31.2 Å². The van der Waals surface area contributed by atoms with Gasteiger partial charge in [0, 0.05) is 11.9 Å². The second-order valence-corrected chi connectivity index (χ2v) is 6.53. The fourth-order valence-electron chi connectivity index (χ4n) is 3.33. The van der Waals surface area contributed by atoms with Gasteiger partial charge in [0.2, 0.25) is 0 Å². The monoisotopic (exact) mass is 366 g/mol. The minimum atomic E-state index is -1.07. The average molecular weight is 366 g/mol. The lowest BCUT2D eigenvalue weighted by Gasteiger charge is -2.35. The van der Waals surface area contributed by atoms with Crippen molar-refractivity contribution in [2.45, 2.75) is 19.1 Å². The molecule has 1 aliphatic heterocycles. The third-order valence-electron chi connectivity index (χ3n) is 4.54. The fourth-order valence-corrected chi connectivity index (χ4v) is 3.33. The number of aromatic nitrogens is 1. The highest BCUT2D eigenvalue weighted by atomic mass is 16.5. The lowest BCUT2D eigenvalue weighted by atomic mass is 10.0. The average Bonchev–Trinajstić information content (AvgIpc) is 3.21. The molecule has 1 fully saturated rings. The van der Waals surface area contributed by atoms with Crippen molar-refractivity contribution in [3.8, 4) is 11.5 Å². The predicted octanol–water partition coefficient (Wildman–Crippen LogP) is 2.81. The van der Waals surface area contributed by atoms with E-state index in [1.54, 1.807) is 31.4 Å². The van der Waals surface area contributed by atoms with E-state index in [4.69, 9.17) is 9.15 Å². The number of carboxylic acids is 1. The molecule has 27 heavy (non-hydrogen) atoms. The van der Waals surface area contributed by atoms with Crippen molar-refractivity contribution in [2.75, 3.05) is 13.1 Å². The second-order valence-electron chi connectivity index (χ2n) is 6.53. The van der Waals surface area contributed by atoms with Crippen molar-refractivity contribution in [1.82, 2.24) is 9.88 Å². The van der Waals surface area contributed by atoms with Crippen LogP contribution in [-0.4, -0.2) is 52.2 Å². The minimum Gasteiger partial charge on any atom is -0.479 e. The van der Waals surface area contributed by atoms with E-state index in [1.165, 1.54) is 4.90 Å². The molecule has 0 spiro atoms. The Labute approximate surface area is 155 Å². The number of para-hydroxylation sites is 1. The zero-order valence-electron chi connectivity index (χ0n) is 14.7. The lowest BCUT2D eigenvalue weighted by Crippen LogP contribution is -2.51. The molecule has 0 radical (unpaired) electrons. The normalized spacial score (nSPS) is 20.0. The van der Waals surface area contributed by atoms with Crippen molar-refractivity contribution >= 4 is 22.8 Å². The molecule has 2 aromatic heterocycles. The van der Waals surface area contributed by atoms with Gasteiger partial charge in [0.15, 0.2) is 11.9 Å². The summed E-state index contributed by atoms with van der Waals surface area (Å²) in [6, 6.07) is 12.6. The van der Waals surface area contributed by atoms with Crippen LogP contribution >= 0.6 is 0 Å². The molecule has 1 unspecified atom stereocenters. The number of hydrogen-bond donors (Lipinski definition) is 1. The number of fused-ring (bicyclic) bond motifs is 1. The molecule has 0 bridgehead atoms. The van der Waals surface area contributed by atoms with Gasteiger partial charge in [0.05, 0.1) is 30.0 Å². The summed E-state index contributed by atoms with van der Waals surface area (Å²) < 4.78 is 10.8. The number of carbonyl (C=O) groups excluding carboxylic acids is 1. The van der Waals surface area contributed by atoms with Crippen molar-refractivity contribution in [1.29, 1.82) is 0 Å². The molecule has 0 saturated carbocycles. The summed E-state index contributed by atoms with van der Waals surface area (Å²) in [5.74, 6) is -0.758. The molecule has 7 nitrogen and oxygen atoms in total. The number of furan rings is 1. The van der Waals surface area contributed by atoms with Crippen LogP contribution in [0.3, 0.4) is 0 Å². The van der Waals surface area contributed by atoms with Gasteiger partial charge in [-0.25, -0.2) is 9.78 Å². The number of benzene rings is 1. The van der Waals surface area contributed by atoms with E-state index in [0.29, 0.717) is 34.5 Å². The molecule has 1 N–H and O–H groups in total. The Balaban J connectivity index is 1.78. The van der Waals surface area contributed by atoms with Gasteiger partial charge in [-0.3, -0.25) is 4.79 Å². The van der Waals surface area contributed by atoms with Gasteiger partial charge in [0.1, 0.15) is 5.69 Å². The van der Waals surface area contributed by atoms with E-state index < -0.39 is 12.1 Å². The van der Waals surface area contributed by atoms with Gasteiger partial charge >= 0.3 is 5.97 Å². The first kappa shape index (κ1) is 17.2. The van der Waals surface area contributed by atoms with Crippen LogP contribution in [0, 0.1) is 0 Å². The number of rotatable bonds is 3. The number of hydrogen-bond acceptors (Lipinski definition) is 5. The largest absolute Gasteiger partial charge is 0.479 e. The van der Waals surface area contributed by atoms with Crippen LogP contribution in [0.5, 0.6) is 0 Å². The van der Waals surface area contributed by atoms with Gasteiger partial charge in [-0.15, -0.1) is 0 Å². The Morgan fingerprint density at radius 1 is 1.19 bits per heavy atom. The minimum absolute atomic E-state index is 0.00520. The van der Waals surface area contributed by atoms with Crippen molar-refractivity contribution in [3.63, 3.8) is 0 Å². The second kappa shape index (κ2) is 6.85. The molecular weight excluding hydrogens is 348 g/mol. The van der Waals surface area contributed by atoms with E-state index in [-0.39, 0.29) is 18.6 Å². The summed E-state index contributed by atoms with van der Waals surface area (Å²) in [5.41, 5.74) is 1.69.